The second-order valence-corrected chi connectivity index (χ2v) is 6.40. The van der Waals surface area contributed by atoms with Gasteiger partial charge in [-0.2, -0.15) is 5.10 Å². The van der Waals surface area contributed by atoms with Gasteiger partial charge in [-0.1, -0.05) is 0 Å². The molecule has 0 bridgehead atoms. The van der Waals surface area contributed by atoms with Crippen molar-refractivity contribution in [3.05, 3.63) is 82.4 Å². The molecule has 0 radical (unpaired) electrons. The van der Waals surface area contributed by atoms with Gasteiger partial charge in [-0.15, -0.1) is 0 Å². The maximum absolute atomic E-state index is 13.3. The van der Waals surface area contributed by atoms with E-state index in [1.165, 1.54) is 36.5 Å². The summed E-state index contributed by atoms with van der Waals surface area (Å²) in [6, 6.07) is 11.6. The van der Waals surface area contributed by atoms with Crippen molar-refractivity contribution in [1.29, 1.82) is 0 Å². The number of carboxylic acid groups (broad SMARTS) is 1. The van der Waals surface area contributed by atoms with Gasteiger partial charge in [-0.25, -0.2) is 14.6 Å². The maximum Gasteiger partial charge on any atom is 0.337 e. The van der Waals surface area contributed by atoms with Crippen LogP contribution in [0.25, 0.3) is 5.69 Å². The Kier molecular flexibility index (Phi) is 5.45. The normalized spacial score (nSPS) is 11.0. The molecule has 0 saturated carbocycles. The van der Waals surface area contributed by atoms with Crippen LogP contribution in [0, 0.1) is 19.7 Å². The lowest BCUT2D eigenvalue weighted by atomic mass is 10.1. The number of carbonyl (C=O) groups excluding carboxylic acids is 1. The zero-order valence-corrected chi connectivity index (χ0v) is 15.7. The van der Waals surface area contributed by atoms with E-state index in [4.69, 9.17) is 0 Å². The van der Waals surface area contributed by atoms with Crippen LogP contribution in [0.2, 0.25) is 0 Å². The first-order chi connectivity index (χ1) is 13.8. The molecular weight excluding hydrogens is 377 g/mol. The van der Waals surface area contributed by atoms with Crippen LogP contribution < -0.4 is 5.43 Å². The summed E-state index contributed by atoms with van der Waals surface area (Å²) in [6.45, 7) is 3.68. The van der Waals surface area contributed by atoms with Crippen LogP contribution >= 0.6 is 0 Å². The lowest BCUT2D eigenvalue weighted by Gasteiger charge is -2.14. The lowest BCUT2D eigenvalue weighted by Crippen LogP contribution is -2.19. The number of aromatic nitrogens is 1. The summed E-state index contributed by atoms with van der Waals surface area (Å²) in [6.07, 6.45) is 1.23. The van der Waals surface area contributed by atoms with Gasteiger partial charge in [0.05, 0.1) is 17.5 Å². The zero-order valence-electron chi connectivity index (χ0n) is 15.7. The number of carboxylic acids is 1. The van der Waals surface area contributed by atoms with Crippen LogP contribution in [0.3, 0.4) is 0 Å². The molecule has 8 heteroatoms. The molecule has 0 aliphatic heterocycles. The van der Waals surface area contributed by atoms with Gasteiger partial charge in [-0.3, -0.25) is 4.79 Å². The zero-order chi connectivity index (χ0) is 21.1. The number of nitrogens with one attached hydrogen (secondary N) is 1. The SMILES string of the molecule is Cc1ccc(C)n1-c1cc(C(=O)N/N=C/c2ccc(O)c(F)c2)ccc1C(=O)O. The van der Waals surface area contributed by atoms with Gasteiger partial charge >= 0.3 is 5.97 Å². The average molecular weight is 395 g/mol. The second-order valence-electron chi connectivity index (χ2n) is 6.40. The number of hydrazone groups is 1. The van der Waals surface area contributed by atoms with E-state index in [0.29, 0.717) is 11.3 Å². The number of aromatic hydroxyl groups is 1. The molecule has 0 fully saturated rings. The van der Waals surface area contributed by atoms with Crippen molar-refractivity contribution in [2.45, 2.75) is 13.8 Å². The number of phenolic OH excluding ortho intramolecular Hbond substituents is 1. The Morgan fingerprint density at radius 1 is 1.07 bits per heavy atom. The summed E-state index contributed by atoms with van der Waals surface area (Å²) >= 11 is 0. The van der Waals surface area contributed by atoms with Crippen LogP contribution in [0.4, 0.5) is 4.39 Å². The van der Waals surface area contributed by atoms with Gasteiger partial charge in [0.15, 0.2) is 11.6 Å². The Morgan fingerprint density at radius 2 is 1.76 bits per heavy atom. The average Bonchev–Trinajstić information content (AvgIpc) is 3.02. The number of amides is 1. The maximum atomic E-state index is 13.3. The fourth-order valence-electron chi connectivity index (χ4n) is 2.92. The van der Waals surface area contributed by atoms with E-state index in [9.17, 15) is 24.2 Å². The molecule has 0 aliphatic rings. The number of hydrogen-bond acceptors (Lipinski definition) is 4. The number of aryl methyl sites for hydroxylation is 2. The topological polar surface area (TPSA) is 104 Å². The third-order valence-corrected chi connectivity index (χ3v) is 4.35. The Balaban J connectivity index is 1.87. The Hall–Kier alpha value is -3.94. The number of phenols is 1. The van der Waals surface area contributed by atoms with Gasteiger partial charge in [0, 0.05) is 17.0 Å². The summed E-state index contributed by atoms with van der Waals surface area (Å²) in [7, 11) is 0. The minimum absolute atomic E-state index is 0.0621. The fourth-order valence-corrected chi connectivity index (χ4v) is 2.92. The van der Waals surface area contributed by atoms with Crippen molar-refractivity contribution in [2.75, 3.05) is 0 Å². The van der Waals surface area contributed by atoms with Crippen molar-refractivity contribution in [3.8, 4) is 11.4 Å². The standard InChI is InChI=1S/C21H18FN3O4/c1-12-3-4-13(2)25(12)18-10-15(6-7-16(18)21(28)29)20(27)24-23-11-14-5-8-19(26)17(22)9-14/h3-11,26H,1-2H3,(H,24,27)(H,28,29)/b23-11+. The highest BCUT2D eigenvalue weighted by Gasteiger charge is 2.17. The van der Waals surface area contributed by atoms with Crippen molar-refractivity contribution in [3.63, 3.8) is 0 Å². The minimum Gasteiger partial charge on any atom is -0.505 e. The molecule has 0 aliphatic carbocycles. The molecular formula is C21H18FN3O4. The number of rotatable bonds is 5. The predicted molar refractivity (Wildman–Crippen MR) is 105 cm³/mol. The molecule has 1 amide bonds. The van der Waals surface area contributed by atoms with E-state index in [-0.39, 0.29) is 11.1 Å². The number of aromatic carboxylic acids is 1. The molecule has 0 spiro atoms. The number of halogens is 1. The third-order valence-electron chi connectivity index (χ3n) is 4.35. The highest BCUT2D eigenvalue weighted by atomic mass is 19.1. The Labute approximate surface area is 165 Å². The Bertz CT molecular complexity index is 1120. The number of hydrogen-bond donors (Lipinski definition) is 3. The molecule has 3 rings (SSSR count). The molecule has 0 unspecified atom stereocenters. The van der Waals surface area contributed by atoms with Crippen LogP contribution in [0.1, 0.15) is 37.7 Å². The van der Waals surface area contributed by atoms with Crippen LogP contribution in [0.15, 0.2) is 53.6 Å². The first kappa shape index (κ1) is 19.8. The van der Waals surface area contributed by atoms with E-state index in [2.05, 4.69) is 10.5 Å². The molecule has 0 saturated heterocycles. The van der Waals surface area contributed by atoms with Gasteiger partial charge in [0.2, 0.25) is 0 Å². The molecule has 3 N–H and O–H groups in total. The number of benzene rings is 2. The molecule has 1 aromatic heterocycles. The molecule has 2 aromatic carbocycles. The smallest absolute Gasteiger partial charge is 0.337 e. The molecule has 0 atom stereocenters. The molecule has 148 valence electrons. The number of carbonyl (C=O) groups is 2. The van der Waals surface area contributed by atoms with Gasteiger partial charge < -0.3 is 14.8 Å². The van der Waals surface area contributed by atoms with E-state index >= 15 is 0 Å². The second kappa shape index (κ2) is 7.97. The summed E-state index contributed by atoms with van der Waals surface area (Å²) in [5.41, 5.74) is 4.97. The van der Waals surface area contributed by atoms with Crippen molar-refractivity contribution in [1.82, 2.24) is 9.99 Å². The van der Waals surface area contributed by atoms with Crippen molar-refractivity contribution in [2.24, 2.45) is 5.10 Å². The summed E-state index contributed by atoms with van der Waals surface area (Å²) in [5, 5.41) is 22.5. The third kappa shape index (κ3) is 4.16. The fraction of sp³-hybridized carbons (Fsp3) is 0.0952. The van der Waals surface area contributed by atoms with Crippen molar-refractivity contribution >= 4 is 18.1 Å². The summed E-state index contributed by atoms with van der Waals surface area (Å²) < 4.78 is 15.1. The highest BCUT2D eigenvalue weighted by molar-refractivity contribution is 5.98. The van der Waals surface area contributed by atoms with E-state index in [1.807, 2.05) is 26.0 Å². The highest BCUT2D eigenvalue weighted by Crippen LogP contribution is 2.22. The van der Waals surface area contributed by atoms with Gasteiger partial charge in [-0.05, 0) is 67.9 Å². The lowest BCUT2D eigenvalue weighted by molar-refractivity contribution is 0.0696. The molecule has 3 aromatic rings. The largest absolute Gasteiger partial charge is 0.505 e. The van der Waals surface area contributed by atoms with Crippen LogP contribution in [-0.2, 0) is 0 Å². The van der Waals surface area contributed by atoms with Gasteiger partial charge in [0.1, 0.15) is 0 Å². The van der Waals surface area contributed by atoms with Gasteiger partial charge in [0.25, 0.3) is 5.91 Å². The Morgan fingerprint density at radius 3 is 2.38 bits per heavy atom. The quantitative estimate of drug-likeness (QED) is 0.455. The molecule has 1 heterocycles. The first-order valence-corrected chi connectivity index (χ1v) is 8.62. The van der Waals surface area contributed by atoms with E-state index in [1.54, 1.807) is 4.57 Å². The van der Waals surface area contributed by atoms with Crippen LogP contribution in [-0.4, -0.2) is 32.9 Å². The summed E-state index contributed by atoms with van der Waals surface area (Å²) in [5.74, 6) is -2.94. The van der Waals surface area contributed by atoms with Crippen molar-refractivity contribution < 1.29 is 24.2 Å². The van der Waals surface area contributed by atoms with E-state index < -0.39 is 23.4 Å². The number of nitrogens with zero attached hydrogens (tertiary/aromatic N) is 2. The summed E-state index contributed by atoms with van der Waals surface area (Å²) in [4.78, 5) is 24.0. The first-order valence-electron chi connectivity index (χ1n) is 8.62. The molecule has 29 heavy (non-hydrogen) atoms. The van der Waals surface area contributed by atoms with Crippen LogP contribution in [0.5, 0.6) is 5.75 Å². The van der Waals surface area contributed by atoms with E-state index in [0.717, 1.165) is 17.5 Å². The molecule has 7 nitrogen and oxygen atoms in total. The monoisotopic (exact) mass is 395 g/mol. The minimum atomic E-state index is -1.10. The predicted octanol–water partition coefficient (Wildman–Crippen LogP) is 3.40.